The summed E-state index contributed by atoms with van der Waals surface area (Å²) < 4.78 is 17.1. The van der Waals surface area contributed by atoms with Gasteiger partial charge in [-0.1, -0.05) is 30.3 Å². The Morgan fingerprint density at radius 1 is 0.927 bits per heavy atom. The average Bonchev–Trinajstić information content (AvgIpc) is 3.23. The smallest absolute Gasteiger partial charge is 0.295 e. The molecule has 5 rings (SSSR count). The first-order valence-corrected chi connectivity index (χ1v) is 14.1. The van der Waals surface area contributed by atoms with E-state index in [0.29, 0.717) is 61.2 Å². The summed E-state index contributed by atoms with van der Waals surface area (Å²) in [6.45, 7) is 8.50. The van der Waals surface area contributed by atoms with E-state index in [1.807, 2.05) is 74.5 Å². The summed E-state index contributed by atoms with van der Waals surface area (Å²) >= 11 is 0. The third-order valence-electron chi connectivity index (χ3n) is 7.43. The highest BCUT2D eigenvalue weighted by atomic mass is 16.5. The summed E-state index contributed by atoms with van der Waals surface area (Å²) in [5.41, 5.74) is 1.99. The van der Waals surface area contributed by atoms with Gasteiger partial charge in [0, 0.05) is 31.7 Å². The Labute approximate surface area is 240 Å². The summed E-state index contributed by atoms with van der Waals surface area (Å²) in [5, 5.41) is 11.6. The van der Waals surface area contributed by atoms with E-state index >= 15 is 0 Å². The number of aliphatic hydroxyl groups is 1. The highest BCUT2D eigenvalue weighted by Crippen LogP contribution is 2.41. The molecule has 0 radical (unpaired) electrons. The molecule has 0 spiro atoms. The highest BCUT2D eigenvalue weighted by molar-refractivity contribution is 6.46. The average molecular weight is 557 g/mol. The van der Waals surface area contributed by atoms with Gasteiger partial charge in [-0.05, 0) is 73.9 Å². The van der Waals surface area contributed by atoms with Crippen LogP contribution in [0.1, 0.15) is 36.1 Å². The van der Waals surface area contributed by atoms with Crippen LogP contribution in [0.5, 0.6) is 17.2 Å². The number of carbonyl (C=O) groups excluding carboxylic acids is 2. The molecule has 1 amide bonds. The zero-order chi connectivity index (χ0) is 28.8. The van der Waals surface area contributed by atoms with Crippen LogP contribution in [0, 0.1) is 6.92 Å². The number of ketones is 1. The molecule has 0 aliphatic carbocycles. The van der Waals surface area contributed by atoms with Gasteiger partial charge in [-0.15, -0.1) is 0 Å². The second-order valence-electron chi connectivity index (χ2n) is 10.2. The third-order valence-corrected chi connectivity index (χ3v) is 7.43. The molecule has 2 heterocycles. The fourth-order valence-electron chi connectivity index (χ4n) is 5.42. The van der Waals surface area contributed by atoms with Crippen molar-refractivity contribution >= 4 is 17.4 Å². The van der Waals surface area contributed by atoms with E-state index < -0.39 is 17.7 Å². The van der Waals surface area contributed by atoms with Gasteiger partial charge in [-0.3, -0.25) is 14.5 Å². The number of benzene rings is 3. The maximum absolute atomic E-state index is 13.5. The Bertz CT molecular complexity index is 1410. The lowest BCUT2D eigenvalue weighted by molar-refractivity contribution is -0.140. The first kappa shape index (κ1) is 28.4. The molecule has 1 N–H and O–H groups in total. The van der Waals surface area contributed by atoms with Crippen molar-refractivity contribution in [2.45, 2.75) is 26.3 Å². The molecular weight excluding hydrogens is 520 g/mol. The van der Waals surface area contributed by atoms with Crippen molar-refractivity contribution in [3.63, 3.8) is 0 Å². The maximum Gasteiger partial charge on any atom is 0.295 e. The molecule has 214 valence electrons. The molecule has 2 fully saturated rings. The number of aryl methyl sites for hydroxylation is 1. The van der Waals surface area contributed by atoms with Crippen molar-refractivity contribution in [3.8, 4) is 17.2 Å². The van der Waals surface area contributed by atoms with E-state index in [1.165, 1.54) is 0 Å². The van der Waals surface area contributed by atoms with E-state index in [2.05, 4.69) is 4.90 Å². The number of rotatable bonds is 10. The quantitative estimate of drug-likeness (QED) is 0.205. The topological polar surface area (TPSA) is 88.5 Å². The summed E-state index contributed by atoms with van der Waals surface area (Å²) in [4.78, 5) is 30.9. The lowest BCUT2D eigenvalue weighted by atomic mass is 9.93. The Hall–Kier alpha value is -4.14. The van der Waals surface area contributed by atoms with Gasteiger partial charge in [0.05, 0.1) is 31.4 Å². The summed E-state index contributed by atoms with van der Waals surface area (Å²) in [6, 6.07) is 21.3. The predicted molar refractivity (Wildman–Crippen MR) is 156 cm³/mol. The first-order valence-electron chi connectivity index (χ1n) is 14.1. The summed E-state index contributed by atoms with van der Waals surface area (Å²) in [7, 11) is 0. The van der Waals surface area contributed by atoms with Crippen molar-refractivity contribution in [2.24, 2.45) is 0 Å². The number of hydrogen-bond donors (Lipinski definition) is 1. The van der Waals surface area contributed by atoms with Gasteiger partial charge in [0.15, 0.2) is 0 Å². The number of amides is 1. The highest BCUT2D eigenvalue weighted by Gasteiger charge is 2.46. The zero-order valence-corrected chi connectivity index (χ0v) is 23.5. The van der Waals surface area contributed by atoms with Gasteiger partial charge >= 0.3 is 0 Å². The van der Waals surface area contributed by atoms with E-state index in [1.54, 1.807) is 17.0 Å². The van der Waals surface area contributed by atoms with Crippen LogP contribution in [0.4, 0.5) is 0 Å². The van der Waals surface area contributed by atoms with Crippen LogP contribution in [0.2, 0.25) is 0 Å². The molecule has 8 nitrogen and oxygen atoms in total. The number of Topliss-reactive ketones (excluding diaryl/α,β-unsaturated/α-hetero) is 1. The Morgan fingerprint density at radius 2 is 1.68 bits per heavy atom. The molecule has 0 saturated carbocycles. The summed E-state index contributed by atoms with van der Waals surface area (Å²) in [5.74, 6) is 0.420. The lowest BCUT2D eigenvalue weighted by Crippen LogP contribution is -2.38. The number of nitrogens with zero attached hydrogens (tertiary/aromatic N) is 2. The molecule has 1 unspecified atom stereocenters. The minimum Gasteiger partial charge on any atom is -0.507 e. The number of morpholine rings is 1. The number of carbonyl (C=O) groups is 2. The molecule has 41 heavy (non-hydrogen) atoms. The van der Waals surface area contributed by atoms with Crippen molar-refractivity contribution in [1.82, 2.24) is 9.80 Å². The van der Waals surface area contributed by atoms with Crippen LogP contribution in [0.15, 0.2) is 78.4 Å². The van der Waals surface area contributed by atoms with Gasteiger partial charge in [0.1, 0.15) is 23.0 Å². The zero-order valence-electron chi connectivity index (χ0n) is 23.5. The first-order chi connectivity index (χ1) is 20.0. The maximum atomic E-state index is 13.5. The Balaban J connectivity index is 1.51. The van der Waals surface area contributed by atoms with Gasteiger partial charge in [-0.2, -0.15) is 0 Å². The molecule has 1 atom stereocenters. The number of likely N-dealkylation sites (tertiary alicyclic amines) is 1. The van der Waals surface area contributed by atoms with E-state index in [0.717, 1.165) is 25.2 Å². The van der Waals surface area contributed by atoms with Gasteiger partial charge in [0.25, 0.3) is 11.7 Å². The van der Waals surface area contributed by atoms with Gasteiger partial charge < -0.3 is 24.2 Å². The van der Waals surface area contributed by atoms with Crippen LogP contribution < -0.4 is 9.47 Å². The van der Waals surface area contributed by atoms with Crippen LogP contribution in [0.25, 0.3) is 5.76 Å². The van der Waals surface area contributed by atoms with Crippen molar-refractivity contribution < 1.29 is 28.9 Å². The second-order valence-corrected chi connectivity index (χ2v) is 10.2. The van der Waals surface area contributed by atoms with Crippen molar-refractivity contribution in [1.29, 1.82) is 0 Å². The van der Waals surface area contributed by atoms with Gasteiger partial charge in [-0.25, -0.2) is 0 Å². The molecule has 3 aromatic rings. The lowest BCUT2D eigenvalue weighted by Gasteiger charge is -2.29. The second kappa shape index (κ2) is 13.0. The van der Waals surface area contributed by atoms with Crippen LogP contribution in [0.3, 0.4) is 0 Å². The van der Waals surface area contributed by atoms with Crippen LogP contribution in [-0.4, -0.2) is 72.6 Å². The molecular formula is C33H36N2O6. The number of hydrogen-bond acceptors (Lipinski definition) is 7. The Kier molecular flexibility index (Phi) is 9.01. The molecule has 0 aromatic heterocycles. The number of para-hydroxylation sites is 1. The fourth-order valence-corrected chi connectivity index (χ4v) is 5.42. The third kappa shape index (κ3) is 6.45. The van der Waals surface area contributed by atoms with E-state index in [-0.39, 0.29) is 11.3 Å². The minimum atomic E-state index is -0.759. The standard InChI is InChI=1S/C33H36N2O6/c1-3-40-26-13-14-28(23(2)21-26)31(36)29-30(24-9-7-12-27(22-24)41-25-10-5-4-6-11-25)35(33(38)32(29)37)16-8-15-34-17-19-39-20-18-34/h4-7,9-14,21-22,30,36H,3,8,15-20H2,1-2H3/b31-29+. The van der Waals surface area contributed by atoms with Gasteiger partial charge in [0.2, 0.25) is 0 Å². The van der Waals surface area contributed by atoms with E-state index in [9.17, 15) is 14.7 Å². The largest absolute Gasteiger partial charge is 0.507 e. The monoisotopic (exact) mass is 556 g/mol. The summed E-state index contributed by atoms with van der Waals surface area (Å²) in [6.07, 6.45) is 0.686. The van der Waals surface area contributed by atoms with Crippen molar-refractivity contribution in [2.75, 3.05) is 46.0 Å². The molecule has 2 aliphatic rings. The number of ether oxygens (including phenoxy) is 3. The number of aliphatic hydroxyl groups excluding tert-OH is 1. The van der Waals surface area contributed by atoms with Crippen LogP contribution >= 0.6 is 0 Å². The predicted octanol–water partition coefficient (Wildman–Crippen LogP) is 5.33. The van der Waals surface area contributed by atoms with Crippen molar-refractivity contribution in [3.05, 3.63) is 95.1 Å². The molecule has 8 heteroatoms. The van der Waals surface area contributed by atoms with Crippen LogP contribution in [-0.2, 0) is 14.3 Å². The SMILES string of the molecule is CCOc1ccc(/C(O)=C2\C(=O)C(=O)N(CCCN3CCOCC3)C2c2cccc(Oc3ccccc3)c2)c(C)c1. The molecule has 0 bridgehead atoms. The minimum absolute atomic E-state index is 0.0745. The van der Waals surface area contributed by atoms with E-state index in [4.69, 9.17) is 14.2 Å². The fraction of sp³-hybridized carbons (Fsp3) is 0.333. The molecule has 2 saturated heterocycles. The Morgan fingerprint density at radius 3 is 2.41 bits per heavy atom. The molecule has 3 aromatic carbocycles. The molecule has 2 aliphatic heterocycles. The normalized spacial score (nSPS) is 19.0.